The summed E-state index contributed by atoms with van der Waals surface area (Å²) in [5, 5.41) is 3.76. The van der Waals surface area contributed by atoms with Gasteiger partial charge in [-0.05, 0) is 24.8 Å². The Morgan fingerprint density at radius 2 is 2.25 bits per heavy atom. The van der Waals surface area contributed by atoms with E-state index in [2.05, 4.69) is 46.8 Å². The zero-order chi connectivity index (χ0) is 13.9. The van der Waals surface area contributed by atoms with E-state index in [4.69, 9.17) is 17.3 Å². The van der Waals surface area contributed by atoms with Crippen LogP contribution in [0.5, 0.6) is 0 Å². The molecule has 0 spiro atoms. The van der Waals surface area contributed by atoms with Gasteiger partial charge in [0.25, 0.3) is 0 Å². The highest BCUT2D eigenvalue weighted by atomic mass is 35.5. The Balaban J connectivity index is 1.85. The first-order chi connectivity index (χ1) is 9.74. The molecule has 2 unspecified atom stereocenters. The molecule has 4 heteroatoms. The Labute approximate surface area is 124 Å². The van der Waals surface area contributed by atoms with Crippen molar-refractivity contribution in [2.24, 2.45) is 16.6 Å². The van der Waals surface area contributed by atoms with Gasteiger partial charge in [-0.2, -0.15) is 0 Å². The molecule has 0 radical (unpaired) electrons. The molecule has 0 bridgehead atoms. The van der Waals surface area contributed by atoms with Gasteiger partial charge in [0.15, 0.2) is 6.29 Å². The van der Waals surface area contributed by atoms with E-state index in [-0.39, 0.29) is 0 Å². The number of rotatable bonds is 2. The second-order valence-electron chi connectivity index (χ2n) is 5.16. The molecular formula is C16H18ClN3. The fraction of sp³-hybridized carbons (Fsp3) is 0.312. The molecule has 104 valence electrons. The Morgan fingerprint density at radius 1 is 1.35 bits per heavy atom. The van der Waals surface area contributed by atoms with Crippen LogP contribution in [0.15, 0.2) is 63.3 Å². The normalized spacial score (nSPS) is 29.1. The van der Waals surface area contributed by atoms with E-state index >= 15 is 0 Å². The van der Waals surface area contributed by atoms with Crippen LogP contribution in [-0.2, 0) is 0 Å². The lowest BCUT2D eigenvalue weighted by molar-refractivity contribution is 0.613. The lowest BCUT2D eigenvalue weighted by Gasteiger charge is -2.25. The fourth-order valence-electron chi connectivity index (χ4n) is 2.73. The molecule has 0 aromatic carbocycles. The Morgan fingerprint density at radius 3 is 3.05 bits per heavy atom. The van der Waals surface area contributed by atoms with Crippen LogP contribution in [0.2, 0.25) is 0 Å². The van der Waals surface area contributed by atoms with Gasteiger partial charge in [0.05, 0.1) is 10.7 Å². The lowest BCUT2D eigenvalue weighted by Crippen LogP contribution is -2.38. The third-order valence-electron chi connectivity index (χ3n) is 3.76. The predicted molar refractivity (Wildman–Crippen MR) is 84.3 cm³/mol. The average Bonchev–Trinajstić information content (AvgIpc) is 2.51. The van der Waals surface area contributed by atoms with Gasteiger partial charge < -0.3 is 5.32 Å². The summed E-state index contributed by atoms with van der Waals surface area (Å²) in [6.07, 6.45) is 17.6. The fourth-order valence-corrected chi connectivity index (χ4v) is 2.95. The lowest BCUT2D eigenvalue weighted by atomic mass is 9.85. The molecule has 2 atom stereocenters. The van der Waals surface area contributed by atoms with Gasteiger partial charge in [0.2, 0.25) is 0 Å². The first-order valence-corrected chi connectivity index (χ1v) is 7.31. The molecule has 3 rings (SSSR count). The molecule has 3 aliphatic rings. The van der Waals surface area contributed by atoms with Crippen molar-refractivity contribution in [2.75, 3.05) is 0 Å². The van der Waals surface area contributed by atoms with Gasteiger partial charge in [0, 0.05) is 12.1 Å². The molecular weight excluding hydrogens is 270 g/mol. The third-order valence-corrected chi connectivity index (χ3v) is 4.05. The monoisotopic (exact) mass is 287 g/mol. The van der Waals surface area contributed by atoms with E-state index < -0.39 is 6.29 Å². The summed E-state index contributed by atoms with van der Waals surface area (Å²) in [5.74, 6) is 0.508. The van der Waals surface area contributed by atoms with Crippen molar-refractivity contribution in [1.82, 2.24) is 5.32 Å². The van der Waals surface area contributed by atoms with E-state index in [0.29, 0.717) is 11.0 Å². The van der Waals surface area contributed by atoms with Crippen LogP contribution in [0.4, 0.5) is 0 Å². The molecule has 1 aliphatic heterocycles. The van der Waals surface area contributed by atoms with E-state index in [9.17, 15) is 0 Å². The maximum Gasteiger partial charge on any atom is 0.171 e. The minimum atomic E-state index is -0.412. The van der Waals surface area contributed by atoms with Gasteiger partial charge in [-0.25, -0.2) is 0 Å². The molecule has 3 N–H and O–H groups in total. The summed E-state index contributed by atoms with van der Waals surface area (Å²) in [4.78, 5) is 4.05. The summed E-state index contributed by atoms with van der Waals surface area (Å²) in [6, 6.07) is 0. The number of allylic oxidation sites excluding steroid dienone is 8. The number of nitrogens with two attached hydrogens (primary N) is 1. The van der Waals surface area contributed by atoms with Crippen LogP contribution in [0, 0.1) is 5.92 Å². The summed E-state index contributed by atoms with van der Waals surface area (Å²) in [5.41, 5.74) is 9.27. The zero-order valence-corrected chi connectivity index (χ0v) is 12.0. The van der Waals surface area contributed by atoms with Crippen molar-refractivity contribution in [3.63, 3.8) is 0 Å². The van der Waals surface area contributed by atoms with Crippen molar-refractivity contribution in [1.29, 1.82) is 0 Å². The van der Waals surface area contributed by atoms with Crippen LogP contribution in [0.1, 0.15) is 19.3 Å². The van der Waals surface area contributed by atoms with Crippen LogP contribution in [-0.4, -0.2) is 12.5 Å². The van der Waals surface area contributed by atoms with Crippen molar-refractivity contribution >= 4 is 17.8 Å². The van der Waals surface area contributed by atoms with Crippen LogP contribution in [0.25, 0.3) is 0 Å². The number of nitrogens with one attached hydrogen (secondary N) is 1. The van der Waals surface area contributed by atoms with Crippen LogP contribution >= 0.6 is 11.6 Å². The standard InChI is InChI=1S/C16H18ClN3/c17-14-10-19-16(18)20-15(14)13-8-4-7-12(9-13)11-5-2-1-3-6-11/h1-3,5,8-11,16,20H,4,6-7,18H2. The Bertz CT molecular complexity index is 579. The topological polar surface area (TPSA) is 50.4 Å². The van der Waals surface area contributed by atoms with E-state index in [1.165, 1.54) is 5.57 Å². The van der Waals surface area contributed by atoms with Gasteiger partial charge in [0.1, 0.15) is 0 Å². The van der Waals surface area contributed by atoms with Gasteiger partial charge in [-0.1, -0.05) is 53.6 Å². The van der Waals surface area contributed by atoms with E-state index in [0.717, 1.165) is 30.5 Å². The molecule has 2 aliphatic carbocycles. The Hall–Kier alpha value is -1.58. The highest BCUT2D eigenvalue weighted by Crippen LogP contribution is 2.32. The summed E-state index contributed by atoms with van der Waals surface area (Å²) in [7, 11) is 0. The first-order valence-electron chi connectivity index (χ1n) is 6.93. The van der Waals surface area contributed by atoms with Crippen molar-refractivity contribution in [3.8, 4) is 0 Å². The third kappa shape index (κ3) is 2.79. The van der Waals surface area contributed by atoms with Crippen LogP contribution < -0.4 is 11.1 Å². The average molecular weight is 288 g/mol. The van der Waals surface area contributed by atoms with E-state index in [1.54, 1.807) is 6.21 Å². The predicted octanol–water partition coefficient (Wildman–Crippen LogP) is 3.13. The van der Waals surface area contributed by atoms with E-state index in [1.807, 2.05) is 0 Å². The zero-order valence-electron chi connectivity index (χ0n) is 11.2. The summed E-state index contributed by atoms with van der Waals surface area (Å²) >= 11 is 6.23. The molecule has 0 amide bonds. The quantitative estimate of drug-likeness (QED) is 0.820. The summed E-state index contributed by atoms with van der Waals surface area (Å²) < 4.78 is 0. The van der Waals surface area contributed by atoms with Crippen molar-refractivity contribution in [2.45, 2.75) is 25.6 Å². The minimum absolute atomic E-state index is 0.412. The largest absolute Gasteiger partial charge is 0.350 e. The highest BCUT2D eigenvalue weighted by Gasteiger charge is 2.19. The van der Waals surface area contributed by atoms with Gasteiger partial charge in [-0.15, -0.1) is 0 Å². The minimum Gasteiger partial charge on any atom is -0.350 e. The Kier molecular flexibility index (Phi) is 3.90. The number of aliphatic imine (C=N–C) groups is 1. The molecule has 0 fully saturated rings. The molecule has 0 aromatic heterocycles. The van der Waals surface area contributed by atoms with Gasteiger partial charge in [-0.3, -0.25) is 10.7 Å². The first kappa shape index (κ1) is 13.4. The van der Waals surface area contributed by atoms with Crippen LogP contribution in [0.3, 0.4) is 0 Å². The molecule has 0 saturated carbocycles. The van der Waals surface area contributed by atoms with Crippen molar-refractivity contribution in [3.05, 3.63) is 58.3 Å². The number of hydrogen-bond donors (Lipinski definition) is 2. The van der Waals surface area contributed by atoms with Gasteiger partial charge >= 0.3 is 0 Å². The number of nitrogens with zero attached hydrogens (tertiary/aromatic N) is 1. The number of hydrogen-bond acceptors (Lipinski definition) is 3. The SMILES string of the molecule is NC1N=CC(Cl)=C(C2=CCCC(C3C=CC=CC3)=C2)N1. The highest BCUT2D eigenvalue weighted by molar-refractivity contribution is 6.40. The van der Waals surface area contributed by atoms with Crippen molar-refractivity contribution < 1.29 is 0 Å². The smallest absolute Gasteiger partial charge is 0.171 e. The number of halogens is 1. The maximum atomic E-state index is 6.23. The second kappa shape index (κ2) is 5.81. The molecule has 0 aromatic rings. The molecule has 1 heterocycles. The summed E-state index contributed by atoms with van der Waals surface area (Å²) in [6.45, 7) is 0. The molecule has 0 saturated heterocycles. The second-order valence-corrected chi connectivity index (χ2v) is 5.57. The molecule has 20 heavy (non-hydrogen) atoms. The maximum absolute atomic E-state index is 6.23. The molecule has 3 nitrogen and oxygen atoms in total.